The quantitative estimate of drug-likeness (QED) is 0.358. The first-order valence-electron chi connectivity index (χ1n) is 5.75. The van der Waals surface area contributed by atoms with E-state index in [2.05, 4.69) is 25.2 Å². The molecule has 0 spiro atoms. The third kappa shape index (κ3) is 10.3. The molecule has 0 saturated heterocycles. The Bertz CT molecular complexity index is 353. The second-order valence-electron chi connectivity index (χ2n) is 5.62. The van der Waals surface area contributed by atoms with Gasteiger partial charge in [-0.2, -0.15) is 8.42 Å². The van der Waals surface area contributed by atoms with Crippen LogP contribution in [-0.2, 0) is 10.3 Å². The van der Waals surface area contributed by atoms with Crippen LogP contribution in [0.15, 0.2) is 4.40 Å². The Kier molecular flexibility index (Phi) is 6.12. The van der Waals surface area contributed by atoms with Crippen molar-refractivity contribution in [1.29, 1.82) is 0 Å². The largest absolute Gasteiger partial charge is 0.380 e. The number of nitrogens with zero attached hydrogens (tertiary/aromatic N) is 2. The summed E-state index contributed by atoms with van der Waals surface area (Å²) in [5.41, 5.74) is 0.290. The molecule has 0 aliphatic heterocycles. The molecule has 0 bridgehead atoms. The van der Waals surface area contributed by atoms with E-state index in [1.165, 1.54) is 0 Å². The fraction of sp³-hybridized carbons (Fsp3) is 0.909. The Morgan fingerprint density at radius 1 is 1.24 bits per heavy atom. The molecule has 0 aliphatic rings. The molecule has 102 valence electrons. The average molecular weight is 264 g/mol. The van der Waals surface area contributed by atoms with E-state index in [1.807, 2.05) is 0 Å². The summed E-state index contributed by atoms with van der Waals surface area (Å²) in [4.78, 5) is 1.62. The first kappa shape index (κ1) is 16.4. The first-order chi connectivity index (χ1) is 7.51. The second kappa shape index (κ2) is 6.35. The summed E-state index contributed by atoms with van der Waals surface area (Å²) in [6, 6.07) is 0. The number of hydrogen-bond donors (Lipinski definition) is 1. The topological polar surface area (TPSA) is 70.0 Å². The van der Waals surface area contributed by atoms with Gasteiger partial charge >= 0.3 is 10.3 Å². The number of hydrogen-bond acceptors (Lipinski definition) is 2. The fourth-order valence-electron chi connectivity index (χ4n) is 1.42. The van der Waals surface area contributed by atoms with E-state index in [-0.39, 0.29) is 0 Å². The minimum Gasteiger partial charge on any atom is -0.365 e. The number of rotatable bonds is 5. The lowest BCUT2D eigenvalue weighted by molar-refractivity contribution is 0.361. The van der Waals surface area contributed by atoms with E-state index in [1.54, 1.807) is 19.0 Å². The molecule has 5 nitrogen and oxygen atoms in total. The van der Waals surface area contributed by atoms with Crippen molar-refractivity contribution in [1.82, 2.24) is 4.90 Å². The summed E-state index contributed by atoms with van der Waals surface area (Å²) < 4.78 is 33.4. The minimum absolute atomic E-state index is 0.290. The Balaban J connectivity index is 4.28. The van der Waals surface area contributed by atoms with E-state index >= 15 is 0 Å². The van der Waals surface area contributed by atoms with Crippen LogP contribution in [0.2, 0.25) is 0 Å². The van der Waals surface area contributed by atoms with Crippen LogP contribution in [0, 0.1) is 5.41 Å². The van der Waals surface area contributed by atoms with Crippen LogP contribution >= 0.6 is 0 Å². The highest BCUT2D eigenvalue weighted by molar-refractivity contribution is 7.84. The van der Waals surface area contributed by atoms with E-state index < -0.39 is 10.3 Å². The van der Waals surface area contributed by atoms with Crippen LogP contribution in [0.3, 0.4) is 0 Å². The van der Waals surface area contributed by atoms with Gasteiger partial charge in [0.2, 0.25) is 0 Å². The predicted octanol–water partition coefficient (Wildman–Crippen LogP) is 2.36. The van der Waals surface area contributed by atoms with Gasteiger partial charge in [0.15, 0.2) is 0 Å². The van der Waals surface area contributed by atoms with Crippen molar-refractivity contribution in [3.05, 3.63) is 0 Å². The highest BCUT2D eigenvalue weighted by Gasteiger charge is 2.11. The molecule has 0 fully saturated rings. The van der Waals surface area contributed by atoms with Gasteiger partial charge in [-0.05, 0) is 18.3 Å². The maximum absolute atomic E-state index is 10.7. The highest BCUT2D eigenvalue weighted by atomic mass is 32.2. The van der Waals surface area contributed by atoms with Crippen molar-refractivity contribution in [3.63, 3.8) is 0 Å². The lowest BCUT2D eigenvalue weighted by Crippen LogP contribution is -2.23. The van der Waals surface area contributed by atoms with E-state index in [0.717, 1.165) is 19.3 Å². The maximum Gasteiger partial charge on any atom is 0.380 e. The van der Waals surface area contributed by atoms with Gasteiger partial charge < -0.3 is 4.90 Å². The van der Waals surface area contributed by atoms with Crippen molar-refractivity contribution >= 4 is 16.1 Å². The second-order valence-corrected chi connectivity index (χ2v) is 6.70. The molecule has 0 amide bonds. The van der Waals surface area contributed by atoms with Crippen LogP contribution in [-0.4, -0.2) is 37.8 Å². The third-order valence-electron chi connectivity index (χ3n) is 2.31. The van der Waals surface area contributed by atoms with Gasteiger partial charge in [0.1, 0.15) is 5.84 Å². The molecule has 0 rings (SSSR count). The fourth-order valence-corrected chi connectivity index (χ4v) is 1.94. The van der Waals surface area contributed by atoms with Crippen molar-refractivity contribution in [2.45, 2.75) is 46.5 Å². The molecule has 0 radical (unpaired) electrons. The molecular weight excluding hydrogens is 240 g/mol. The average Bonchev–Trinajstić information content (AvgIpc) is 2.06. The molecule has 0 unspecified atom stereocenters. The zero-order valence-electron chi connectivity index (χ0n) is 11.4. The predicted molar refractivity (Wildman–Crippen MR) is 70.6 cm³/mol. The summed E-state index contributed by atoms with van der Waals surface area (Å²) in [6.45, 7) is 6.52. The first-order valence-corrected chi connectivity index (χ1v) is 7.14. The summed E-state index contributed by atoms with van der Waals surface area (Å²) in [5, 5.41) is 0. The normalized spacial score (nSPS) is 13.9. The van der Waals surface area contributed by atoms with Gasteiger partial charge in [-0.3, -0.25) is 4.55 Å². The summed E-state index contributed by atoms with van der Waals surface area (Å²) in [7, 11) is -0.856. The lowest BCUT2D eigenvalue weighted by Gasteiger charge is -2.19. The Labute approximate surface area is 105 Å². The van der Waals surface area contributed by atoms with E-state index in [9.17, 15) is 8.42 Å². The van der Waals surface area contributed by atoms with Gasteiger partial charge in [-0.1, -0.05) is 27.2 Å². The number of amidine groups is 1. The standard InChI is InChI=1S/C11H24N2O3S/c1-11(2,3)9-7-6-8-10(13(4)5)12-17(14,15)16/h6-9H2,1-5H3,(H,14,15,16)/b12-10-. The Morgan fingerprint density at radius 3 is 2.12 bits per heavy atom. The molecule has 17 heavy (non-hydrogen) atoms. The molecule has 6 heteroatoms. The van der Waals surface area contributed by atoms with Crippen LogP contribution in [0.1, 0.15) is 46.5 Å². The van der Waals surface area contributed by atoms with E-state index in [4.69, 9.17) is 4.55 Å². The maximum atomic E-state index is 10.7. The third-order valence-corrected chi connectivity index (χ3v) is 2.76. The molecule has 0 aromatic carbocycles. The zero-order chi connectivity index (χ0) is 13.7. The van der Waals surface area contributed by atoms with Gasteiger partial charge in [0.25, 0.3) is 0 Å². The molecule has 0 aromatic heterocycles. The molecule has 0 aliphatic carbocycles. The smallest absolute Gasteiger partial charge is 0.365 e. The molecule has 0 heterocycles. The molecule has 0 saturated carbocycles. The summed E-state index contributed by atoms with van der Waals surface area (Å²) >= 11 is 0. The Morgan fingerprint density at radius 2 is 1.76 bits per heavy atom. The SMILES string of the molecule is CN(C)/C(CCCCC(C)(C)C)=N\S(=O)(=O)O. The van der Waals surface area contributed by atoms with Crippen molar-refractivity contribution in [2.75, 3.05) is 14.1 Å². The summed E-state index contributed by atoms with van der Waals surface area (Å²) in [5.74, 6) is 0.390. The van der Waals surface area contributed by atoms with Crippen molar-refractivity contribution in [3.8, 4) is 0 Å². The zero-order valence-corrected chi connectivity index (χ0v) is 12.2. The monoisotopic (exact) mass is 264 g/mol. The van der Waals surface area contributed by atoms with Crippen molar-refractivity contribution in [2.24, 2.45) is 9.81 Å². The van der Waals surface area contributed by atoms with Crippen molar-refractivity contribution < 1.29 is 13.0 Å². The number of unbranched alkanes of at least 4 members (excludes halogenated alkanes) is 1. The lowest BCUT2D eigenvalue weighted by atomic mass is 9.89. The van der Waals surface area contributed by atoms with Crippen LogP contribution in [0.5, 0.6) is 0 Å². The molecule has 0 atom stereocenters. The van der Waals surface area contributed by atoms with Gasteiger partial charge in [-0.25, -0.2) is 0 Å². The molecule has 0 aromatic rings. The molecule has 1 N–H and O–H groups in total. The van der Waals surface area contributed by atoms with Gasteiger partial charge in [0, 0.05) is 20.5 Å². The Hall–Kier alpha value is -0.620. The minimum atomic E-state index is -4.29. The van der Waals surface area contributed by atoms with Crippen LogP contribution in [0.4, 0.5) is 0 Å². The highest BCUT2D eigenvalue weighted by Crippen LogP contribution is 2.22. The molecular formula is C11H24N2O3S. The van der Waals surface area contributed by atoms with Crippen LogP contribution in [0.25, 0.3) is 0 Å². The van der Waals surface area contributed by atoms with E-state index in [0.29, 0.717) is 17.7 Å². The van der Waals surface area contributed by atoms with Crippen LogP contribution < -0.4 is 0 Å². The van der Waals surface area contributed by atoms with Gasteiger partial charge in [0.05, 0.1) is 0 Å². The summed E-state index contributed by atoms with van der Waals surface area (Å²) in [6.07, 6.45) is 3.52. The van der Waals surface area contributed by atoms with Gasteiger partial charge in [-0.15, -0.1) is 4.40 Å².